The Morgan fingerprint density at radius 3 is 2.37 bits per heavy atom. The molecule has 0 fully saturated rings. The third kappa shape index (κ3) is 7.13. The van der Waals surface area contributed by atoms with Crippen molar-refractivity contribution in [2.24, 2.45) is 0 Å². The Hall–Kier alpha value is 0.441. The average molecular weight is 302 g/mol. The zero-order valence-corrected chi connectivity index (χ0v) is 14.4. The first kappa shape index (κ1) is 19.4. The van der Waals surface area contributed by atoms with Crippen LogP contribution in [0.5, 0.6) is 5.75 Å². The zero-order valence-electron chi connectivity index (χ0n) is 11.3. The van der Waals surface area contributed by atoms with Crippen LogP contribution in [0.1, 0.15) is 32.6 Å². The van der Waals surface area contributed by atoms with Gasteiger partial charge >= 0.3 is 58.4 Å². The van der Waals surface area contributed by atoms with Gasteiger partial charge in [0.25, 0.3) is 0 Å². The summed E-state index contributed by atoms with van der Waals surface area (Å²) < 4.78 is 55.7. The summed E-state index contributed by atoms with van der Waals surface area (Å²) in [7, 11) is 0. The van der Waals surface area contributed by atoms with E-state index >= 15 is 0 Å². The van der Waals surface area contributed by atoms with E-state index < -0.39 is 18.3 Å². The fraction of sp³-hybridized carbons (Fsp3) is 0.500. The largest absolute Gasteiger partial charge is 1.00 e. The average Bonchev–Trinajstić information content (AvgIpc) is 2.29. The number of hydrogen-bond acceptors (Lipinski definition) is 1. The van der Waals surface area contributed by atoms with Crippen molar-refractivity contribution in [2.75, 3.05) is 6.61 Å². The number of benzene rings is 1. The van der Waals surface area contributed by atoms with Crippen molar-refractivity contribution in [3.8, 4) is 5.75 Å². The number of rotatable bonds is 7. The van der Waals surface area contributed by atoms with Gasteiger partial charge in [0, 0.05) is 0 Å². The second-order valence-electron chi connectivity index (χ2n) is 4.17. The molecule has 1 rings (SSSR count). The molecule has 0 heterocycles. The molecule has 0 saturated heterocycles. The summed E-state index contributed by atoms with van der Waals surface area (Å²) >= 11 is 0. The Balaban J connectivity index is 0.00000324. The molecular formula is C12H16BF4KO. The van der Waals surface area contributed by atoms with Crippen molar-refractivity contribution >= 4 is 12.4 Å². The molecule has 19 heavy (non-hydrogen) atoms. The normalized spacial score (nSPS) is 11.0. The first-order chi connectivity index (χ1) is 8.45. The summed E-state index contributed by atoms with van der Waals surface area (Å²) in [6.07, 6.45) is 3.74. The Morgan fingerprint density at radius 2 is 1.79 bits per heavy atom. The first-order valence-corrected chi connectivity index (χ1v) is 6.07. The van der Waals surface area contributed by atoms with Crippen molar-refractivity contribution in [3.63, 3.8) is 0 Å². The Bertz CT molecular complexity index is 384. The predicted molar refractivity (Wildman–Crippen MR) is 64.7 cm³/mol. The van der Waals surface area contributed by atoms with Gasteiger partial charge in [-0.3, -0.25) is 0 Å². The number of hydrogen-bond donors (Lipinski definition) is 0. The van der Waals surface area contributed by atoms with Gasteiger partial charge in [0.1, 0.15) is 0 Å². The quantitative estimate of drug-likeness (QED) is 0.412. The first-order valence-electron chi connectivity index (χ1n) is 6.07. The van der Waals surface area contributed by atoms with Crippen LogP contribution in [0.3, 0.4) is 0 Å². The van der Waals surface area contributed by atoms with Crippen molar-refractivity contribution in [1.29, 1.82) is 0 Å². The Morgan fingerprint density at radius 1 is 1.11 bits per heavy atom. The van der Waals surface area contributed by atoms with E-state index in [4.69, 9.17) is 4.74 Å². The van der Waals surface area contributed by atoms with Gasteiger partial charge in [-0.05, 0) is 18.6 Å². The summed E-state index contributed by atoms with van der Waals surface area (Å²) in [4.78, 5) is 0. The molecule has 0 aliphatic heterocycles. The van der Waals surface area contributed by atoms with Gasteiger partial charge in [0.05, 0.1) is 6.61 Å². The molecule has 0 unspecified atom stereocenters. The van der Waals surface area contributed by atoms with Crippen LogP contribution in [0, 0.1) is 5.82 Å². The van der Waals surface area contributed by atoms with E-state index in [-0.39, 0.29) is 63.7 Å². The summed E-state index contributed by atoms with van der Waals surface area (Å²) in [6.45, 7) is -2.82. The van der Waals surface area contributed by atoms with Crippen LogP contribution in [0.4, 0.5) is 17.3 Å². The SMILES string of the molecule is CCCCCCOc1cc([B-](F)(F)F)ccc1F.[K+]. The fourth-order valence-electron chi connectivity index (χ4n) is 1.55. The zero-order chi connectivity index (χ0) is 13.6. The Kier molecular flexibility index (Phi) is 9.61. The van der Waals surface area contributed by atoms with E-state index in [1.165, 1.54) is 0 Å². The van der Waals surface area contributed by atoms with Gasteiger partial charge < -0.3 is 17.7 Å². The second-order valence-corrected chi connectivity index (χ2v) is 4.17. The van der Waals surface area contributed by atoms with Gasteiger partial charge in [-0.1, -0.05) is 32.3 Å². The second kappa shape index (κ2) is 9.39. The molecule has 1 aromatic rings. The van der Waals surface area contributed by atoms with Crippen LogP contribution in [0.15, 0.2) is 18.2 Å². The van der Waals surface area contributed by atoms with E-state index in [0.717, 1.165) is 37.5 Å². The van der Waals surface area contributed by atoms with Gasteiger partial charge in [0.2, 0.25) is 0 Å². The monoisotopic (exact) mass is 302 g/mol. The standard InChI is InChI=1S/C12H16BF4O.K/c1-2-3-4-5-8-18-12-9-10(13(15,16)17)6-7-11(12)14;/h6-7,9H,2-5,8H2,1H3;/q-1;+1. The summed E-state index contributed by atoms with van der Waals surface area (Å²) in [5.41, 5.74) is -0.833. The Labute approximate surface area is 153 Å². The molecule has 0 radical (unpaired) electrons. The van der Waals surface area contributed by atoms with Gasteiger partial charge in [-0.15, -0.1) is 5.46 Å². The summed E-state index contributed by atoms with van der Waals surface area (Å²) in [6, 6.07) is 2.26. The maximum Gasteiger partial charge on any atom is 1.00 e. The number of ether oxygens (including phenoxy) is 1. The van der Waals surface area contributed by atoms with E-state index in [9.17, 15) is 17.3 Å². The third-order valence-electron chi connectivity index (χ3n) is 2.59. The molecule has 0 N–H and O–H groups in total. The van der Waals surface area contributed by atoms with E-state index in [1.807, 2.05) is 0 Å². The van der Waals surface area contributed by atoms with Crippen molar-refractivity contribution in [3.05, 3.63) is 24.0 Å². The van der Waals surface area contributed by atoms with Crippen LogP contribution >= 0.6 is 0 Å². The molecule has 0 bridgehead atoms. The maximum absolute atomic E-state index is 13.2. The summed E-state index contributed by atoms with van der Waals surface area (Å²) in [5.74, 6) is -1.07. The molecule has 0 aliphatic carbocycles. The minimum absolute atomic E-state index is 0. The van der Waals surface area contributed by atoms with Crippen LogP contribution < -0.4 is 61.6 Å². The van der Waals surface area contributed by atoms with Gasteiger partial charge in [-0.2, -0.15) is 0 Å². The fourth-order valence-corrected chi connectivity index (χ4v) is 1.55. The van der Waals surface area contributed by atoms with Crippen LogP contribution in [0.25, 0.3) is 0 Å². The molecule has 0 aliphatic rings. The van der Waals surface area contributed by atoms with E-state index in [2.05, 4.69) is 6.92 Å². The van der Waals surface area contributed by atoms with Crippen LogP contribution in [-0.2, 0) is 0 Å². The van der Waals surface area contributed by atoms with Crippen molar-refractivity contribution in [2.45, 2.75) is 32.6 Å². The minimum atomic E-state index is -5.12. The number of halogens is 4. The third-order valence-corrected chi connectivity index (χ3v) is 2.59. The van der Waals surface area contributed by atoms with Crippen LogP contribution in [0.2, 0.25) is 0 Å². The molecule has 1 nitrogen and oxygen atoms in total. The van der Waals surface area contributed by atoms with Gasteiger partial charge in [-0.25, -0.2) is 4.39 Å². The van der Waals surface area contributed by atoms with E-state index in [0.29, 0.717) is 6.42 Å². The smallest absolute Gasteiger partial charge is 0.491 e. The molecule has 0 saturated carbocycles. The summed E-state index contributed by atoms with van der Waals surface area (Å²) in [5, 5.41) is 0. The van der Waals surface area contributed by atoms with E-state index in [1.54, 1.807) is 0 Å². The van der Waals surface area contributed by atoms with Gasteiger partial charge in [0.15, 0.2) is 11.6 Å². The molecule has 0 spiro atoms. The predicted octanol–water partition coefficient (Wildman–Crippen LogP) is 0.843. The molecule has 0 atom stereocenters. The molecule has 1 aromatic carbocycles. The van der Waals surface area contributed by atoms with Crippen LogP contribution in [-0.4, -0.2) is 13.6 Å². The molecule has 7 heteroatoms. The minimum Gasteiger partial charge on any atom is -0.491 e. The molecule has 102 valence electrons. The molecular weight excluding hydrogens is 286 g/mol. The number of unbranched alkanes of at least 4 members (excludes halogenated alkanes) is 3. The van der Waals surface area contributed by atoms with Crippen molar-refractivity contribution < 1.29 is 73.5 Å². The maximum atomic E-state index is 13.2. The topological polar surface area (TPSA) is 9.23 Å². The molecule has 0 aromatic heterocycles. The van der Waals surface area contributed by atoms with Crippen molar-refractivity contribution in [1.82, 2.24) is 0 Å². The molecule has 0 amide bonds.